The van der Waals surface area contributed by atoms with Gasteiger partial charge >= 0.3 is 0 Å². The van der Waals surface area contributed by atoms with Gasteiger partial charge in [-0.25, -0.2) is 0 Å². The second kappa shape index (κ2) is 9.51. The smallest absolute Gasteiger partial charge is 0.230 e. The van der Waals surface area contributed by atoms with Gasteiger partial charge in [-0.05, 0) is 62.4 Å². The third-order valence-electron chi connectivity index (χ3n) is 5.04. The fourth-order valence-electron chi connectivity index (χ4n) is 3.40. The fourth-order valence-corrected chi connectivity index (χ4v) is 3.53. The van der Waals surface area contributed by atoms with Crippen LogP contribution in [0.2, 0.25) is 5.02 Å². The standard InChI is InChI=1S/C18H27ClN2O.ClH/c1-3-18(4-2,15-5-7-16(19)8-6-15)17(22)21-12-10-14-9-11-20-13-14;/h5-8,14,20H,3-4,9-13H2,1-2H3,(H,21,22);1H. The van der Waals surface area contributed by atoms with Crippen LogP contribution >= 0.6 is 24.0 Å². The normalized spacial score (nSPS) is 17.6. The Labute approximate surface area is 151 Å². The van der Waals surface area contributed by atoms with Gasteiger partial charge in [-0.3, -0.25) is 4.79 Å². The van der Waals surface area contributed by atoms with Gasteiger partial charge in [-0.2, -0.15) is 0 Å². The highest BCUT2D eigenvalue weighted by atomic mass is 35.5. The summed E-state index contributed by atoms with van der Waals surface area (Å²) in [5.74, 6) is 0.847. The number of hydrogen-bond acceptors (Lipinski definition) is 2. The lowest BCUT2D eigenvalue weighted by Crippen LogP contribution is -2.44. The summed E-state index contributed by atoms with van der Waals surface area (Å²) in [7, 11) is 0. The fraction of sp³-hybridized carbons (Fsp3) is 0.611. The van der Waals surface area contributed by atoms with E-state index >= 15 is 0 Å². The molecule has 0 spiro atoms. The number of amides is 1. The first-order chi connectivity index (χ1) is 10.6. The molecule has 1 heterocycles. The lowest BCUT2D eigenvalue weighted by molar-refractivity contribution is -0.127. The summed E-state index contributed by atoms with van der Waals surface area (Å²) in [5, 5.41) is 7.24. The molecule has 1 atom stereocenters. The minimum atomic E-state index is -0.446. The van der Waals surface area contributed by atoms with Crippen molar-refractivity contribution >= 4 is 29.9 Å². The predicted octanol–water partition coefficient (Wildman–Crippen LogP) is 3.94. The predicted molar refractivity (Wildman–Crippen MR) is 99.6 cm³/mol. The highest BCUT2D eigenvalue weighted by Crippen LogP contribution is 2.32. The van der Waals surface area contributed by atoms with Crippen LogP contribution in [-0.2, 0) is 10.2 Å². The average Bonchev–Trinajstić information content (AvgIpc) is 3.04. The van der Waals surface area contributed by atoms with Crippen LogP contribution in [0.25, 0.3) is 0 Å². The number of nitrogens with one attached hydrogen (secondary N) is 2. The van der Waals surface area contributed by atoms with Gasteiger partial charge < -0.3 is 10.6 Å². The number of benzene rings is 1. The molecule has 2 N–H and O–H groups in total. The van der Waals surface area contributed by atoms with Crippen molar-refractivity contribution < 1.29 is 4.79 Å². The molecule has 2 rings (SSSR count). The van der Waals surface area contributed by atoms with Crippen LogP contribution in [-0.4, -0.2) is 25.5 Å². The van der Waals surface area contributed by atoms with Crippen molar-refractivity contribution in [3.63, 3.8) is 0 Å². The Bertz CT molecular complexity index is 480. The van der Waals surface area contributed by atoms with Gasteiger partial charge in [0.25, 0.3) is 0 Å². The molecule has 1 aromatic rings. The van der Waals surface area contributed by atoms with Gasteiger partial charge in [-0.15, -0.1) is 12.4 Å². The van der Waals surface area contributed by atoms with E-state index < -0.39 is 5.41 Å². The van der Waals surface area contributed by atoms with E-state index in [0.717, 1.165) is 44.5 Å². The molecule has 1 saturated heterocycles. The number of carbonyl (C=O) groups is 1. The molecular weight excluding hydrogens is 331 g/mol. The Kier molecular flexibility index (Phi) is 8.38. The van der Waals surface area contributed by atoms with E-state index in [-0.39, 0.29) is 18.3 Å². The van der Waals surface area contributed by atoms with Crippen LogP contribution < -0.4 is 10.6 Å². The maximum Gasteiger partial charge on any atom is 0.230 e. The maximum absolute atomic E-state index is 12.8. The maximum atomic E-state index is 12.8. The number of halogens is 2. The minimum Gasteiger partial charge on any atom is -0.355 e. The van der Waals surface area contributed by atoms with Gasteiger partial charge in [0.05, 0.1) is 5.41 Å². The van der Waals surface area contributed by atoms with Crippen LogP contribution in [0.3, 0.4) is 0 Å². The number of hydrogen-bond donors (Lipinski definition) is 2. The average molecular weight is 359 g/mol. The molecule has 1 aliphatic rings. The summed E-state index contributed by atoms with van der Waals surface area (Å²) in [5.41, 5.74) is 0.611. The van der Waals surface area contributed by atoms with Crippen molar-refractivity contribution in [1.29, 1.82) is 0 Å². The van der Waals surface area contributed by atoms with Gasteiger partial charge in [-0.1, -0.05) is 37.6 Å². The zero-order valence-electron chi connectivity index (χ0n) is 14.0. The van der Waals surface area contributed by atoms with Crippen LogP contribution in [0.15, 0.2) is 24.3 Å². The van der Waals surface area contributed by atoms with Crippen LogP contribution in [0.1, 0.15) is 45.1 Å². The van der Waals surface area contributed by atoms with E-state index in [1.165, 1.54) is 6.42 Å². The molecule has 5 heteroatoms. The number of carbonyl (C=O) groups excluding carboxylic acids is 1. The molecule has 1 fully saturated rings. The van der Waals surface area contributed by atoms with Crippen molar-refractivity contribution in [2.45, 2.75) is 44.9 Å². The largest absolute Gasteiger partial charge is 0.355 e. The second-order valence-electron chi connectivity index (χ2n) is 6.20. The first-order valence-corrected chi connectivity index (χ1v) is 8.75. The van der Waals surface area contributed by atoms with E-state index in [1.807, 2.05) is 24.3 Å². The van der Waals surface area contributed by atoms with Crippen LogP contribution in [0.4, 0.5) is 0 Å². The van der Waals surface area contributed by atoms with Crippen molar-refractivity contribution in [2.75, 3.05) is 19.6 Å². The van der Waals surface area contributed by atoms with Crippen molar-refractivity contribution in [2.24, 2.45) is 5.92 Å². The third kappa shape index (κ3) is 4.85. The van der Waals surface area contributed by atoms with Crippen molar-refractivity contribution in [1.82, 2.24) is 10.6 Å². The van der Waals surface area contributed by atoms with E-state index in [2.05, 4.69) is 24.5 Å². The molecular formula is C18H28Cl2N2O. The number of rotatable bonds is 7. The second-order valence-corrected chi connectivity index (χ2v) is 6.64. The van der Waals surface area contributed by atoms with Crippen LogP contribution in [0, 0.1) is 5.92 Å². The molecule has 3 nitrogen and oxygen atoms in total. The Hall–Kier alpha value is -0.770. The monoisotopic (exact) mass is 358 g/mol. The highest BCUT2D eigenvalue weighted by molar-refractivity contribution is 6.30. The van der Waals surface area contributed by atoms with E-state index in [1.54, 1.807) is 0 Å². The summed E-state index contributed by atoms with van der Waals surface area (Å²) in [6, 6.07) is 7.70. The van der Waals surface area contributed by atoms with Gasteiger partial charge in [0, 0.05) is 11.6 Å². The third-order valence-corrected chi connectivity index (χ3v) is 5.29. The van der Waals surface area contributed by atoms with Crippen molar-refractivity contribution in [3.8, 4) is 0 Å². The zero-order chi connectivity index (χ0) is 16.0. The topological polar surface area (TPSA) is 41.1 Å². The van der Waals surface area contributed by atoms with Crippen LogP contribution in [0.5, 0.6) is 0 Å². The Balaban J connectivity index is 0.00000264. The Morgan fingerprint density at radius 3 is 2.48 bits per heavy atom. The van der Waals surface area contributed by atoms with Crippen molar-refractivity contribution in [3.05, 3.63) is 34.9 Å². The zero-order valence-corrected chi connectivity index (χ0v) is 15.6. The molecule has 0 bridgehead atoms. The summed E-state index contributed by atoms with van der Waals surface area (Å²) in [4.78, 5) is 12.8. The molecule has 0 aliphatic carbocycles. The quantitative estimate of drug-likeness (QED) is 0.774. The van der Waals surface area contributed by atoms with E-state index in [9.17, 15) is 4.79 Å². The molecule has 1 amide bonds. The Morgan fingerprint density at radius 2 is 1.96 bits per heavy atom. The van der Waals surface area contributed by atoms with Gasteiger partial charge in [0.1, 0.15) is 0 Å². The lowest BCUT2D eigenvalue weighted by atomic mass is 9.75. The first-order valence-electron chi connectivity index (χ1n) is 8.37. The summed E-state index contributed by atoms with van der Waals surface area (Å²) >= 11 is 5.98. The molecule has 1 aliphatic heterocycles. The SMILES string of the molecule is CCC(CC)(C(=O)NCCC1CCNC1)c1ccc(Cl)cc1.Cl. The summed E-state index contributed by atoms with van der Waals surface area (Å²) in [6.07, 6.45) is 3.87. The molecule has 1 unspecified atom stereocenters. The van der Waals surface area contributed by atoms with E-state index in [4.69, 9.17) is 11.6 Å². The summed E-state index contributed by atoms with van der Waals surface area (Å²) in [6.45, 7) is 7.12. The Morgan fingerprint density at radius 1 is 1.30 bits per heavy atom. The van der Waals surface area contributed by atoms with E-state index in [0.29, 0.717) is 10.9 Å². The van der Waals surface area contributed by atoms with Gasteiger partial charge in [0.15, 0.2) is 0 Å². The summed E-state index contributed by atoms with van der Waals surface area (Å²) < 4.78 is 0. The molecule has 23 heavy (non-hydrogen) atoms. The minimum absolute atomic E-state index is 0. The lowest BCUT2D eigenvalue weighted by Gasteiger charge is -2.31. The highest BCUT2D eigenvalue weighted by Gasteiger charge is 2.36. The van der Waals surface area contributed by atoms with Gasteiger partial charge in [0.2, 0.25) is 5.91 Å². The molecule has 1 aromatic carbocycles. The first kappa shape index (κ1) is 20.3. The molecule has 0 aromatic heterocycles. The molecule has 0 radical (unpaired) electrons. The molecule has 130 valence electrons. The molecule has 0 saturated carbocycles.